The van der Waals surface area contributed by atoms with Crippen molar-refractivity contribution in [3.63, 3.8) is 0 Å². The van der Waals surface area contributed by atoms with Crippen LogP contribution in [0.25, 0.3) is 11.3 Å². The molecule has 0 spiro atoms. The van der Waals surface area contributed by atoms with Gasteiger partial charge in [0.05, 0.1) is 5.69 Å². The third-order valence-corrected chi connectivity index (χ3v) is 4.83. The van der Waals surface area contributed by atoms with E-state index in [9.17, 15) is 13.6 Å². The molecular formula is C21H19F2N5O2. The van der Waals surface area contributed by atoms with Crippen LogP contribution < -0.4 is 9.64 Å². The Bertz CT molecular complexity index is 1010. The molecule has 3 heterocycles. The van der Waals surface area contributed by atoms with Crippen molar-refractivity contribution in [1.82, 2.24) is 20.1 Å². The zero-order chi connectivity index (χ0) is 20.9. The lowest BCUT2D eigenvalue weighted by Gasteiger charge is -2.35. The van der Waals surface area contributed by atoms with Gasteiger partial charge >= 0.3 is 0 Å². The highest BCUT2D eigenvalue weighted by molar-refractivity contribution is 5.78. The second-order valence-corrected chi connectivity index (χ2v) is 6.74. The van der Waals surface area contributed by atoms with Crippen LogP contribution >= 0.6 is 0 Å². The Balaban J connectivity index is 1.29. The molecule has 1 fully saturated rings. The molecule has 1 aromatic carbocycles. The summed E-state index contributed by atoms with van der Waals surface area (Å²) in [4.78, 5) is 20.0. The summed E-state index contributed by atoms with van der Waals surface area (Å²) in [6.07, 6.45) is 3.41. The quantitative estimate of drug-likeness (QED) is 0.643. The van der Waals surface area contributed by atoms with Gasteiger partial charge < -0.3 is 14.5 Å². The average molecular weight is 411 g/mol. The fourth-order valence-electron chi connectivity index (χ4n) is 3.18. The molecule has 7 nitrogen and oxygen atoms in total. The predicted octanol–water partition coefficient (Wildman–Crippen LogP) is 2.54. The number of halogens is 2. The molecule has 154 valence electrons. The van der Waals surface area contributed by atoms with E-state index < -0.39 is 11.6 Å². The summed E-state index contributed by atoms with van der Waals surface area (Å²) < 4.78 is 31.7. The predicted molar refractivity (Wildman–Crippen MR) is 106 cm³/mol. The molecule has 1 aliphatic heterocycles. The molecule has 0 radical (unpaired) electrons. The number of amides is 1. The van der Waals surface area contributed by atoms with Gasteiger partial charge in [-0.25, -0.2) is 8.78 Å². The van der Waals surface area contributed by atoms with Gasteiger partial charge in [-0.3, -0.25) is 9.78 Å². The summed E-state index contributed by atoms with van der Waals surface area (Å²) in [5, 5.41) is 8.57. The van der Waals surface area contributed by atoms with Gasteiger partial charge in [-0.15, -0.1) is 10.2 Å². The van der Waals surface area contributed by atoms with Gasteiger partial charge in [-0.2, -0.15) is 0 Å². The molecule has 0 saturated carbocycles. The number of ether oxygens (including phenoxy) is 1. The second kappa shape index (κ2) is 8.81. The van der Waals surface area contributed by atoms with Gasteiger partial charge in [0, 0.05) is 50.2 Å². The van der Waals surface area contributed by atoms with Gasteiger partial charge in [0.15, 0.2) is 24.0 Å². The Morgan fingerprint density at radius 2 is 1.73 bits per heavy atom. The third kappa shape index (κ3) is 4.51. The zero-order valence-electron chi connectivity index (χ0n) is 16.0. The Morgan fingerprint density at radius 1 is 0.967 bits per heavy atom. The first-order valence-electron chi connectivity index (χ1n) is 9.45. The highest BCUT2D eigenvalue weighted by Gasteiger charge is 2.23. The lowest BCUT2D eigenvalue weighted by Crippen LogP contribution is -2.50. The van der Waals surface area contributed by atoms with Crippen molar-refractivity contribution in [1.29, 1.82) is 0 Å². The van der Waals surface area contributed by atoms with Crippen molar-refractivity contribution in [3.8, 4) is 17.0 Å². The molecule has 30 heavy (non-hydrogen) atoms. The van der Waals surface area contributed by atoms with Crippen molar-refractivity contribution in [3.05, 3.63) is 66.5 Å². The van der Waals surface area contributed by atoms with Crippen LogP contribution in [0.2, 0.25) is 0 Å². The summed E-state index contributed by atoms with van der Waals surface area (Å²) in [7, 11) is 0. The van der Waals surface area contributed by atoms with E-state index >= 15 is 0 Å². The van der Waals surface area contributed by atoms with Crippen LogP contribution in [0, 0.1) is 11.6 Å². The lowest BCUT2D eigenvalue weighted by molar-refractivity contribution is -0.133. The maximum atomic E-state index is 13.6. The number of carbonyl (C=O) groups is 1. The molecule has 2 aromatic heterocycles. The van der Waals surface area contributed by atoms with Crippen molar-refractivity contribution in [2.24, 2.45) is 0 Å². The Labute approximate surface area is 171 Å². The first-order chi connectivity index (χ1) is 14.6. The molecule has 3 aromatic rings. The van der Waals surface area contributed by atoms with Gasteiger partial charge in [-0.1, -0.05) is 0 Å². The van der Waals surface area contributed by atoms with E-state index in [1.54, 1.807) is 17.3 Å². The van der Waals surface area contributed by atoms with Crippen molar-refractivity contribution >= 4 is 11.7 Å². The fraction of sp³-hybridized carbons (Fsp3) is 0.238. The SMILES string of the molecule is O=C(COc1ccc(F)cc1F)N1CCN(c2ccc(-c3ccncc3)nn2)CC1. The monoisotopic (exact) mass is 411 g/mol. The highest BCUT2D eigenvalue weighted by Crippen LogP contribution is 2.20. The second-order valence-electron chi connectivity index (χ2n) is 6.74. The number of carbonyl (C=O) groups excluding carboxylic acids is 1. The van der Waals surface area contributed by atoms with E-state index in [4.69, 9.17) is 4.74 Å². The number of aromatic nitrogens is 3. The van der Waals surface area contributed by atoms with Gasteiger partial charge in [0.1, 0.15) is 5.82 Å². The summed E-state index contributed by atoms with van der Waals surface area (Å²) in [5.41, 5.74) is 1.71. The fourth-order valence-corrected chi connectivity index (χ4v) is 3.18. The molecule has 9 heteroatoms. The van der Waals surface area contributed by atoms with Crippen LogP contribution in [-0.4, -0.2) is 58.8 Å². The molecule has 1 saturated heterocycles. The molecule has 0 atom stereocenters. The van der Waals surface area contributed by atoms with Crippen molar-refractivity contribution in [2.75, 3.05) is 37.7 Å². The largest absolute Gasteiger partial charge is 0.481 e. The maximum absolute atomic E-state index is 13.6. The van der Waals surface area contributed by atoms with Crippen LogP contribution in [0.4, 0.5) is 14.6 Å². The highest BCUT2D eigenvalue weighted by atomic mass is 19.1. The van der Waals surface area contributed by atoms with E-state index in [-0.39, 0.29) is 18.3 Å². The Hall–Kier alpha value is -3.62. The third-order valence-electron chi connectivity index (χ3n) is 4.83. The van der Waals surface area contributed by atoms with E-state index in [1.807, 2.05) is 29.2 Å². The zero-order valence-corrected chi connectivity index (χ0v) is 16.0. The number of hydrogen-bond acceptors (Lipinski definition) is 6. The van der Waals surface area contributed by atoms with Crippen LogP contribution in [0.1, 0.15) is 0 Å². The first-order valence-corrected chi connectivity index (χ1v) is 9.45. The molecule has 0 unspecified atom stereocenters. The van der Waals surface area contributed by atoms with E-state index in [0.717, 1.165) is 29.2 Å². The maximum Gasteiger partial charge on any atom is 0.260 e. The van der Waals surface area contributed by atoms with Gasteiger partial charge in [0.25, 0.3) is 5.91 Å². The minimum atomic E-state index is -0.832. The molecule has 1 aliphatic rings. The van der Waals surface area contributed by atoms with E-state index in [2.05, 4.69) is 15.2 Å². The van der Waals surface area contributed by atoms with Crippen molar-refractivity contribution in [2.45, 2.75) is 0 Å². The van der Waals surface area contributed by atoms with Crippen LogP contribution in [0.5, 0.6) is 5.75 Å². The van der Waals surface area contributed by atoms with Crippen LogP contribution in [0.3, 0.4) is 0 Å². The molecule has 0 aliphatic carbocycles. The number of pyridine rings is 1. The molecule has 0 bridgehead atoms. The average Bonchev–Trinajstić information content (AvgIpc) is 2.79. The number of nitrogens with zero attached hydrogens (tertiary/aromatic N) is 5. The van der Waals surface area contributed by atoms with Gasteiger partial charge in [-0.05, 0) is 36.4 Å². The lowest BCUT2D eigenvalue weighted by atomic mass is 10.2. The normalized spacial score (nSPS) is 13.9. The molecule has 4 rings (SSSR count). The number of rotatable bonds is 5. The minimum Gasteiger partial charge on any atom is -0.481 e. The first kappa shape index (κ1) is 19.7. The summed E-state index contributed by atoms with van der Waals surface area (Å²) in [5.74, 6) is -1.18. The number of piperazine rings is 1. The summed E-state index contributed by atoms with van der Waals surface area (Å²) in [6, 6.07) is 10.5. The topological polar surface area (TPSA) is 71.5 Å². The standard InChI is InChI=1S/C21H19F2N5O2/c22-16-1-3-19(17(23)13-16)30-14-21(29)28-11-9-27(10-12-28)20-4-2-18(25-26-20)15-5-7-24-8-6-15/h1-8,13H,9-12,14H2. The minimum absolute atomic E-state index is 0.145. The molecule has 1 amide bonds. The van der Waals surface area contributed by atoms with Crippen molar-refractivity contribution < 1.29 is 18.3 Å². The summed E-state index contributed by atoms with van der Waals surface area (Å²) in [6.45, 7) is 1.87. The molecular weight excluding hydrogens is 392 g/mol. The van der Waals surface area contributed by atoms with E-state index in [1.165, 1.54) is 6.07 Å². The Morgan fingerprint density at radius 3 is 2.40 bits per heavy atom. The summed E-state index contributed by atoms with van der Waals surface area (Å²) >= 11 is 0. The van der Waals surface area contributed by atoms with Crippen LogP contribution in [0.15, 0.2) is 54.9 Å². The van der Waals surface area contributed by atoms with Gasteiger partial charge in [0.2, 0.25) is 0 Å². The van der Waals surface area contributed by atoms with E-state index in [0.29, 0.717) is 26.2 Å². The number of hydrogen-bond donors (Lipinski definition) is 0. The Kier molecular flexibility index (Phi) is 5.78. The van der Waals surface area contributed by atoms with Crippen LogP contribution in [-0.2, 0) is 4.79 Å². The molecule has 0 N–H and O–H groups in total. The smallest absolute Gasteiger partial charge is 0.260 e. The number of anilines is 1. The number of benzene rings is 1.